The molecule has 23 heavy (non-hydrogen) atoms. The smallest absolute Gasteiger partial charge is 0.296 e. The molecule has 0 spiro atoms. The number of aromatic nitrogens is 2. The van der Waals surface area contributed by atoms with Crippen LogP contribution in [-0.2, 0) is 0 Å². The second-order valence-corrected chi connectivity index (χ2v) is 7.01. The van der Waals surface area contributed by atoms with Gasteiger partial charge in [0.1, 0.15) is 0 Å². The van der Waals surface area contributed by atoms with Crippen molar-refractivity contribution in [3.05, 3.63) is 49.5 Å². The number of anilines is 1. The number of rotatable bonds is 5. The average Bonchev–Trinajstić information content (AvgIpc) is 3.26. The SMILES string of the molecule is O=C(Nc1nnc(N=Cc2ccc([N+](=O)[O-])s2)s1)c1cccs1. The van der Waals surface area contributed by atoms with Crippen molar-refractivity contribution in [1.82, 2.24) is 10.2 Å². The topological polar surface area (TPSA) is 110 Å². The molecular weight excluding hydrogens is 358 g/mol. The van der Waals surface area contributed by atoms with Gasteiger partial charge >= 0.3 is 5.00 Å². The molecular formula is C12H7N5O3S3. The number of nitro groups is 1. The summed E-state index contributed by atoms with van der Waals surface area (Å²) in [6.45, 7) is 0. The van der Waals surface area contributed by atoms with E-state index in [0.29, 0.717) is 20.0 Å². The average molecular weight is 365 g/mol. The second kappa shape index (κ2) is 6.73. The minimum Gasteiger partial charge on any atom is -0.296 e. The first-order valence-electron chi connectivity index (χ1n) is 6.08. The molecule has 0 fully saturated rings. The van der Waals surface area contributed by atoms with Gasteiger partial charge in [0, 0.05) is 12.3 Å². The first kappa shape index (κ1) is 15.4. The molecule has 0 aliphatic heterocycles. The number of nitrogens with zero attached hydrogens (tertiary/aromatic N) is 4. The molecule has 0 saturated heterocycles. The van der Waals surface area contributed by atoms with E-state index in [0.717, 1.165) is 22.7 Å². The van der Waals surface area contributed by atoms with Crippen molar-refractivity contribution < 1.29 is 9.72 Å². The van der Waals surface area contributed by atoms with Crippen molar-refractivity contribution in [3.8, 4) is 0 Å². The molecule has 1 N–H and O–H groups in total. The molecule has 11 heteroatoms. The van der Waals surface area contributed by atoms with Crippen LogP contribution < -0.4 is 5.32 Å². The van der Waals surface area contributed by atoms with E-state index in [1.165, 1.54) is 23.6 Å². The molecule has 0 aliphatic rings. The van der Waals surface area contributed by atoms with Crippen LogP contribution in [0.3, 0.4) is 0 Å². The van der Waals surface area contributed by atoms with Gasteiger partial charge < -0.3 is 0 Å². The third-order valence-corrected chi connectivity index (χ3v) is 5.06. The lowest BCUT2D eigenvalue weighted by molar-refractivity contribution is -0.380. The molecule has 0 aliphatic carbocycles. The Bertz CT molecular complexity index is 868. The van der Waals surface area contributed by atoms with Crippen molar-refractivity contribution in [2.24, 2.45) is 4.99 Å². The number of carbonyl (C=O) groups is 1. The predicted octanol–water partition coefficient (Wildman–Crippen LogP) is 3.57. The molecule has 0 bridgehead atoms. The van der Waals surface area contributed by atoms with Gasteiger partial charge in [0.25, 0.3) is 5.91 Å². The lowest BCUT2D eigenvalue weighted by atomic mass is 10.4. The van der Waals surface area contributed by atoms with Crippen LogP contribution in [0.25, 0.3) is 0 Å². The number of nitrogens with one attached hydrogen (secondary N) is 1. The zero-order valence-electron chi connectivity index (χ0n) is 11.2. The van der Waals surface area contributed by atoms with Gasteiger partial charge in [0.05, 0.1) is 14.7 Å². The van der Waals surface area contributed by atoms with Gasteiger partial charge in [-0.2, -0.15) is 0 Å². The van der Waals surface area contributed by atoms with Crippen molar-refractivity contribution in [2.45, 2.75) is 0 Å². The maximum Gasteiger partial charge on any atom is 0.324 e. The third-order valence-electron chi connectivity index (χ3n) is 2.47. The fourth-order valence-electron chi connectivity index (χ4n) is 1.51. The molecule has 3 aromatic rings. The first-order valence-corrected chi connectivity index (χ1v) is 8.60. The highest BCUT2D eigenvalue weighted by Gasteiger charge is 2.11. The van der Waals surface area contributed by atoms with Crippen molar-refractivity contribution in [2.75, 3.05) is 5.32 Å². The van der Waals surface area contributed by atoms with E-state index >= 15 is 0 Å². The molecule has 0 aromatic carbocycles. The Balaban J connectivity index is 1.65. The van der Waals surface area contributed by atoms with E-state index in [1.54, 1.807) is 18.2 Å². The summed E-state index contributed by atoms with van der Waals surface area (Å²) in [5.41, 5.74) is 0. The standard InChI is InChI=1S/C12H7N5O3S3/c18-10(8-2-1-5-21-8)14-12-16-15-11(23-12)13-6-7-3-4-9(22-7)17(19)20/h1-6H,(H,14,16,18). The minimum atomic E-state index is -0.453. The van der Waals surface area contributed by atoms with Gasteiger partial charge in [-0.15, -0.1) is 21.5 Å². The summed E-state index contributed by atoms with van der Waals surface area (Å²) in [6, 6.07) is 6.52. The van der Waals surface area contributed by atoms with Gasteiger partial charge in [-0.1, -0.05) is 28.7 Å². The summed E-state index contributed by atoms with van der Waals surface area (Å²) in [5, 5.41) is 23.5. The molecule has 0 unspecified atom stereocenters. The highest BCUT2D eigenvalue weighted by molar-refractivity contribution is 7.19. The van der Waals surface area contributed by atoms with Gasteiger partial charge in [-0.05, 0) is 17.5 Å². The Labute approximate surface area is 141 Å². The lowest BCUT2D eigenvalue weighted by Crippen LogP contribution is -2.09. The lowest BCUT2D eigenvalue weighted by Gasteiger charge is -1.95. The first-order chi connectivity index (χ1) is 11.1. The van der Waals surface area contributed by atoms with Crippen LogP contribution in [0.4, 0.5) is 15.3 Å². The zero-order chi connectivity index (χ0) is 16.2. The molecule has 116 valence electrons. The van der Waals surface area contributed by atoms with Crippen molar-refractivity contribution >= 4 is 61.4 Å². The summed E-state index contributed by atoms with van der Waals surface area (Å²) in [6.07, 6.45) is 1.48. The van der Waals surface area contributed by atoms with E-state index in [9.17, 15) is 14.9 Å². The summed E-state index contributed by atoms with van der Waals surface area (Å²) >= 11 is 3.46. The van der Waals surface area contributed by atoms with Crippen LogP contribution >= 0.6 is 34.0 Å². The molecule has 0 atom stereocenters. The van der Waals surface area contributed by atoms with E-state index < -0.39 is 4.92 Å². The van der Waals surface area contributed by atoms with Crippen molar-refractivity contribution in [1.29, 1.82) is 0 Å². The molecule has 0 saturated carbocycles. The highest BCUT2D eigenvalue weighted by Crippen LogP contribution is 2.26. The van der Waals surface area contributed by atoms with Crippen LogP contribution in [-0.4, -0.2) is 27.2 Å². The normalized spacial score (nSPS) is 11.0. The van der Waals surface area contributed by atoms with Gasteiger partial charge in [-0.25, -0.2) is 4.99 Å². The zero-order valence-corrected chi connectivity index (χ0v) is 13.7. The Kier molecular flexibility index (Phi) is 4.50. The van der Waals surface area contributed by atoms with Crippen LogP contribution in [0.15, 0.2) is 34.6 Å². The summed E-state index contributed by atoms with van der Waals surface area (Å²) in [4.78, 5) is 27.3. The number of aliphatic imine (C=N–C) groups is 1. The van der Waals surface area contributed by atoms with E-state index in [4.69, 9.17) is 0 Å². The summed E-state index contributed by atoms with van der Waals surface area (Å²) < 4.78 is 0. The molecule has 3 aromatic heterocycles. The second-order valence-electron chi connectivity index (χ2n) is 4.01. The summed E-state index contributed by atoms with van der Waals surface area (Å²) in [7, 11) is 0. The van der Waals surface area contributed by atoms with E-state index in [-0.39, 0.29) is 10.9 Å². The molecule has 3 heterocycles. The van der Waals surface area contributed by atoms with E-state index in [2.05, 4.69) is 20.5 Å². The molecule has 3 rings (SSSR count). The molecule has 1 amide bonds. The Morgan fingerprint density at radius 1 is 1.30 bits per heavy atom. The van der Waals surface area contributed by atoms with Gasteiger partial charge in [0.15, 0.2) is 0 Å². The number of hydrogen-bond acceptors (Lipinski definition) is 9. The fraction of sp³-hybridized carbons (Fsp3) is 0. The van der Waals surface area contributed by atoms with Crippen LogP contribution in [0.2, 0.25) is 0 Å². The fourth-order valence-corrected chi connectivity index (χ4v) is 3.41. The summed E-state index contributed by atoms with van der Waals surface area (Å²) in [5.74, 6) is -0.249. The highest BCUT2D eigenvalue weighted by atomic mass is 32.1. The van der Waals surface area contributed by atoms with E-state index in [1.807, 2.05) is 5.38 Å². The Hall–Kier alpha value is -2.50. The van der Waals surface area contributed by atoms with Gasteiger partial charge in [-0.3, -0.25) is 20.2 Å². The van der Waals surface area contributed by atoms with Crippen LogP contribution in [0.1, 0.15) is 14.5 Å². The number of amides is 1. The number of hydrogen-bond donors (Lipinski definition) is 1. The molecule has 0 radical (unpaired) electrons. The van der Waals surface area contributed by atoms with Crippen LogP contribution in [0.5, 0.6) is 0 Å². The van der Waals surface area contributed by atoms with Crippen molar-refractivity contribution in [3.63, 3.8) is 0 Å². The number of carbonyl (C=O) groups excluding carboxylic acids is 1. The minimum absolute atomic E-state index is 0.0487. The largest absolute Gasteiger partial charge is 0.324 e. The Morgan fingerprint density at radius 2 is 2.17 bits per heavy atom. The quantitative estimate of drug-likeness (QED) is 0.422. The maximum absolute atomic E-state index is 11.9. The Morgan fingerprint density at radius 3 is 2.87 bits per heavy atom. The van der Waals surface area contributed by atoms with Crippen LogP contribution in [0, 0.1) is 10.1 Å². The third kappa shape index (κ3) is 3.83. The maximum atomic E-state index is 11.9. The predicted molar refractivity (Wildman–Crippen MR) is 90.4 cm³/mol. The van der Waals surface area contributed by atoms with Gasteiger partial charge in [0.2, 0.25) is 10.3 Å². The monoisotopic (exact) mass is 365 g/mol. The number of thiophene rings is 2. The molecule has 8 nitrogen and oxygen atoms in total.